The van der Waals surface area contributed by atoms with Gasteiger partial charge in [0.1, 0.15) is 0 Å². The molecular weight excluding hydrogens is 262 g/mol. The first-order valence-electron chi connectivity index (χ1n) is 6.06. The predicted molar refractivity (Wildman–Crippen MR) is 76.8 cm³/mol. The van der Waals surface area contributed by atoms with E-state index in [4.69, 9.17) is 16.7 Å². The number of para-hydroxylation sites is 1. The molecule has 0 atom stereocenters. The van der Waals surface area contributed by atoms with E-state index in [1.165, 1.54) is 0 Å². The van der Waals surface area contributed by atoms with Gasteiger partial charge in [-0.3, -0.25) is 4.79 Å². The van der Waals surface area contributed by atoms with Crippen LogP contribution in [0, 0.1) is 0 Å². The molecule has 0 radical (unpaired) electrons. The lowest BCUT2D eigenvalue weighted by Gasteiger charge is -2.04. The van der Waals surface area contributed by atoms with Gasteiger partial charge in [-0.05, 0) is 24.1 Å². The molecule has 0 bridgehead atoms. The summed E-state index contributed by atoms with van der Waals surface area (Å²) in [6.07, 6.45) is 0.506. The zero-order valence-electron chi connectivity index (χ0n) is 10.1. The first kappa shape index (κ1) is 12.1. The zero-order chi connectivity index (χ0) is 13.4. The highest BCUT2D eigenvalue weighted by Crippen LogP contribution is 2.32. The number of aryl methyl sites for hydroxylation is 1. The van der Waals surface area contributed by atoms with E-state index in [2.05, 4.69) is 4.98 Å². The highest BCUT2D eigenvalue weighted by Gasteiger charge is 2.12. The molecule has 96 valence electrons. The summed E-state index contributed by atoms with van der Waals surface area (Å²) in [5, 5.41) is 11.6. The largest absolute Gasteiger partial charge is 0.481 e. The summed E-state index contributed by atoms with van der Waals surface area (Å²) in [4.78, 5) is 14.1. The number of aromatic amines is 1. The maximum absolute atomic E-state index is 10.7. The van der Waals surface area contributed by atoms with Crippen LogP contribution >= 0.6 is 11.6 Å². The van der Waals surface area contributed by atoms with Crippen LogP contribution in [0.15, 0.2) is 36.4 Å². The van der Waals surface area contributed by atoms with E-state index in [0.717, 1.165) is 27.4 Å². The van der Waals surface area contributed by atoms with E-state index in [-0.39, 0.29) is 6.42 Å². The van der Waals surface area contributed by atoms with Crippen molar-refractivity contribution in [2.75, 3.05) is 0 Å². The lowest BCUT2D eigenvalue weighted by atomic mass is 10.0. The standard InChI is InChI=1S/C15H12ClNO2/c16-12-7-5-10-9-3-1-2-4-13(9)17-15(10)11(12)6-8-14(18)19/h1-5,7,17H,6,8H2,(H,18,19). The third kappa shape index (κ3) is 2.06. The van der Waals surface area contributed by atoms with Gasteiger partial charge in [0.25, 0.3) is 0 Å². The minimum atomic E-state index is -0.816. The smallest absolute Gasteiger partial charge is 0.303 e. The maximum atomic E-state index is 10.7. The van der Waals surface area contributed by atoms with Gasteiger partial charge >= 0.3 is 5.97 Å². The molecule has 3 aromatic rings. The molecule has 19 heavy (non-hydrogen) atoms. The summed E-state index contributed by atoms with van der Waals surface area (Å²) >= 11 is 6.20. The molecule has 0 saturated heterocycles. The Balaban J connectivity index is 2.24. The second-order valence-electron chi connectivity index (χ2n) is 4.51. The minimum absolute atomic E-state index is 0.0776. The van der Waals surface area contributed by atoms with Crippen molar-refractivity contribution < 1.29 is 9.90 Å². The van der Waals surface area contributed by atoms with Crippen LogP contribution in [0.2, 0.25) is 5.02 Å². The highest BCUT2D eigenvalue weighted by molar-refractivity contribution is 6.32. The Morgan fingerprint density at radius 3 is 2.74 bits per heavy atom. The van der Waals surface area contributed by atoms with Gasteiger partial charge < -0.3 is 10.1 Å². The summed E-state index contributed by atoms with van der Waals surface area (Å²) in [7, 11) is 0. The monoisotopic (exact) mass is 273 g/mol. The molecule has 0 unspecified atom stereocenters. The highest BCUT2D eigenvalue weighted by atomic mass is 35.5. The first-order valence-corrected chi connectivity index (χ1v) is 6.44. The van der Waals surface area contributed by atoms with Crippen molar-refractivity contribution in [1.82, 2.24) is 4.98 Å². The van der Waals surface area contributed by atoms with Crippen LogP contribution in [0.25, 0.3) is 21.8 Å². The molecule has 4 heteroatoms. The summed E-state index contributed by atoms with van der Waals surface area (Å²) in [6, 6.07) is 11.8. The molecule has 0 aliphatic rings. The van der Waals surface area contributed by atoms with Crippen molar-refractivity contribution in [2.24, 2.45) is 0 Å². The van der Waals surface area contributed by atoms with Crippen molar-refractivity contribution in [3.05, 3.63) is 47.0 Å². The van der Waals surface area contributed by atoms with E-state index in [9.17, 15) is 4.79 Å². The van der Waals surface area contributed by atoms with Crippen LogP contribution in [0.3, 0.4) is 0 Å². The van der Waals surface area contributed by atoms with Gasteiger partial charge in [-0.2, -0.15) is 0 Å². The summed E-state index contributed by atoms with van der Waals surface area (Å²) in [6.45, 7) is 0. The van der Waals surface area contributed by atoms with Crippen LogP contribution < -0.4 is 0 Å². The molecule has 2 aromatic carbocycles. The number of nitrogens with one attached hydrogen (secondary N) is 1. The number of carboxylic acid groups (broad SMARTS) is 1. The number of H-pyrrole nitrogens is 1. The number of fused-ring (bicyclic) bond motifs is 3. The van der Waals surface area contributed by atoms with Gasteiger partial charge in [0.2, 0.25) is 0 Å². The fourth-order valence-electron chi connectivity index (χ4n) is 2.43. The topological polar surface area (TPSA) is 53.1 Å². The van der Waals surface area contributed by atoms with Gasteiger partial charge in [-0.25, -0.2) is 0 Å². The molecule has 0 amide bonds. The lowest BCUT2D eigenvalue weighted by molar-refractivity contribution is -0.136. The van der Waals surface area contributed by atoms with Crippen LogP contribution in [0.4, 0.5) is 0 Å². The molecule has 0 aliphatic heterocycles. The van der Waals surface area contributed by atoms with Gasteiger partial charge in [-0.15, -0.1) is 0 Å². The third-order valence-corrected chi connectivity index (χ3v) is 3.68. The number of carbonyl (C=O) groups is 1. The third-order valence-electron chi connectivity index (χ3n) is 3.32. The second kappa shape index (κ2) is 4.59. The van der Waals surface area contributed by atoms with Crippen molar-refractivity contribution in [3.8, 4) is 0 Å². The van der Waals surface area contributed by atoms with E-state index >= 15 is 0 Å². The predicted octanol–water partition coefficient (Wildman–Crippen LogP) is 3.99. The summed E-state index contributed by atoms with van der Waals surface area (Å²) in [5.74, 6) is -0.816. The summed E-state index contributed by atoms with van der Waals surface area (Å²) in [5.41, 5.74) is 2.85. The van der Waals surface area contributed by atoms with Crippen LogP contribution in [0.1, 0.15) is 12.0 Å². The number of benzene rings is 2. The lowest BCUT2D eigenvalue weighted by Crippen LogP contribution is -1.98. The second-order valence-corrected chi connectivity index (χ2v) is 4.92. The average Bonchev–Trinajstić information content (AvgIpc) is 2.75. The van der Waals surface area contributed by atoms with Crippen LogP contribution in [0.5, 0.6) is 0 Å². The number of aliphatic carboxylic acids is 1. The molecular formula is C15H12ClNO2. The number of hydrogen-bond donors (Lipinski definition) is 2. The number of halogens is 1. The molecule has 0 saturated carbocycles. The van der Waals surface area contributed by atoms with E-state index < -0.39 is 5.97 Å². The zero-order valence-corrected chi connectivity index (χ0v) is 10.9. The van der Waals surface area contributed by atoms with Gasteiger partial charge in [-0.1, -0.05) is 35.9 Å². The summed E-state index contributed by atoms with van der Waals surface area (Å²) < 4.78 is 0. The Bertz CT molecular complexity index is 776. The van der Waals surface area contributed by atoms with E-state index in [1.807, 2.05) is 36.4 Å². The number of aromatic nitrogens is 1. The van der Waals surface area contributed by atoms with Gasteiger partial charge in [0, 0.05) is 27.7 Å². The number of carboxylic acids is 1. The van der Waals surface area contributed by atoms with Crippen LogP contribution in [-0.2, 0) is 11.2 Å². The van der Waals surface area contributed by atoms with Gasteiger partial charge in [0.15, 0.2) is 0 Å². The molecule has 0 aliphatic carbocycles. The molecule has 1 aromatic heterocycles. The minimum Gasteiger partial charge on any atom is -0.481 e. The van der Waals surface area contributed by atoms with Gasteiger partial charge in [0.05, 0.1) is 5.52 Å². The quantitative estimate of drug-likeness (QED) is 0.758. The van der Waals surface area contributed by atoms with E-state index in [1.54, 1.807) is 0 Å². The maximum Gasteiger partial charge on any atom is 0.303 e. The molecule has 0 fully saturated rings. The molecule has 0 spiro atoms. The van der Waals surface area contributed by atoms with Crippen molar-refractivity contribution in [2.45, 2.75) is 12.8 Å². The van der Waals surface area contributed by atoms with Crippen LogP contribution in [-0.4, -0.2) is 16.1 Å². The number of rotatable bonds is 3. The Labute approximate surface area is 114 Å². The Kier molecular flexibility index (Phi) is 2.91. The molecule has 2 N–H and O–H groups in total. The Morgan fingerprint density at radius 1 is 1.16 bits per heavy atom. The fourth-order valence-corrected chi connectivity index (χ4v) is 2.68. The Morgan fingerprint density at radius 2 is 1.95 bits per heavy atom. The molecule has 3 rings (SSSR count). The fraction of sp³-hybridized carbons (Fsp3) is 0.133. The average molecular weight is 274 g/mol. The Hall–Kier alpha value is -2.00. The van der Waals surface area contributed by atoms with Crippen molar-refractivity contribution >= 4 is 39.4 Å². The molecule has 1 heterocycles. The number of hydrogen-bond acceptors (Lipinski definition) is 1. The SMILES string of the molecule is O=C(O)CCc1c(Cl)ccc2c1[nH]c1ccccc12. The molecule has 3 nitrogen and oxygen atoms in total. The van der Waals surface area contributed by atoms with E-state index in [0.29, 0.717) is 11.4 Å². The van der Waals surface area contributed by atoms with Crippen molar-refractivity contribution in [1.29, 1.82) is 0 Å². The van der Waals surface area contributed by atoms with Crippen molar-refractivity contribution in [3.63, 3.8) is 0 Å². The first-order chi connectivity index (χ1) is 9.16. The normalized spacial score (nSPS) is 11.2.